The Hall–Kier alpha value is -0.670. The Bertz CT molecular complexity index is 465. The second-order valence-electron chi connectivity index (χ2n) is 3.75. The van der Waals surface area contributed by atoms with Crippen molar-refractivity contribution in [3.63, 3.8) is 0 Å². The maximum absolute atomic E-state index is 4.69. The van der Waals surface area contributed by atoms with E-state index in [0.29, 0.717) is 0 Å². The molecule has 1 aromatic carbocycles. The quantitative estimate of drug-likeness (QED) is 0.767. The summed E-state index contributed by atoms with van der Waals surface area (Å²) in [4.78, 5) is 6.19. The lowest BCUT2D eigenvalue weighted by atomic mass is 10.2. The summed E-state index contributed by atoms with van der Waals surface area (Å²) in [6.07, 6.45) is 3.68. The third-order valence-corrected chi connectivity index (χ3v) is 4.42. The summed E-state index contributed by atoms with van der Waals surface area (Å²) in [6.45, 7) is 0. The van der Waals surface area contributed by atoms with Crippen LogP contribution in [0.1, 0.15) is 17.0 Å². The fraction of sp³-hybridized carbons (Fsp3) is 0.250. The van der Waals surface area contributed by atoms with Crippen LogP contribution in [0.3, 0.4) is 0 Å². The first-order valence-electron chi connectivity index (χ1n) is 5.07. The minimum absolute atomic E-state index is 1.12. The monoisotopic (exact) mass is 279 g/mol. The van der Waals surface area contributed by atoms with Crippen molar-refractivity contribution in [1.29, 1.82) is 0 Å². The van der Waals surface area contributed by atoms with Crippen molar-refractivity contribution >= 4 is 27.3 Å². The van der Waals surface area contributed by atoms with Gasteiger partial charge in [-0.1, -0.05) is 28.1 Å². The molecule has 0 amide bonds. The Kier molecular flexibility index (Phi) is 2.37. The first-order valence-corrected chi connectivity index (χ1v) is 6.68. The minimum Gasteiger partial charge on any atom is -0.241 e. The molecule has 76 valence electrons. The average molecular weight is 280 g/mol. The number of rotatable bonds is 1. The standard InChI is InChI=1S/C12H10BrNS/c13-9-6-4-8(5-7-9)12-14-10-2-1-3-11(10)15-12/h4-7H,1-3H2. The lowest BCUT2D eigenvalue weighted by molar-refractivity contribution is 0.900. The summed E-state index contributed by atoms with van der Waals surface area (Å²) in [5, 5.41) is 1.17. The molecule has 1 nitrogen and oxygen atoms in total. The van der Waals surface area contributed by atoms with Gasteiger partial charge in [-0.3, -0.25) is 0 Å². The number of nitrogens with zero attached hydrogens (tertiary/aromatic N) is 1. The van der Waals surface area contributed by atoms with E-state index in [1.807, 2.05) is 11.3 Å². The first kappa shape index (κ1) is 9.55. The fourth-order valence-corrected chi connectivity index (χ4v) is 3.33. The van der Waals surface area contributed by atoms with Crippen LogP contribution < -0.4 is 0 Å². The summed E-state index contributed by atoms with van der Waals surface area (Å²) < 4.78 is 1.12. The average Bonchev–Trinajstić information content (AvgIpc) is 2.78. The highest BCUT2D eigenvalue weighted by molar-refractivity contribution is 9.10. The zero-order valence-corrected chi connectivity index (χ0v) is 10.6. The Labute approximate surface area is 101 Å². The molecule has 0 aliphatic heterocycles. The molecular weight excluding hydrogens is 270 g/mol. The van der Waals surface area contributed by atoms with Crippen LogP contribution in [-0.4, -0.2) is 4.98 Å². The molecule has 1 aromatic heterocycles. The zero-order chi connectivity index (χ0) is 10.3. The molecule has 0 spiro atoms. The summed E-state index contributed by atoms with van der Waals surface area (Å²) in [6, 6.07) is 8.39. The Morgan fingerprint density at radius 2 is 1.93 bits per heavy atom. The van der Waals surface area contributed by atoms with Crippen molar-refractivity contribution in [2.24, 2.45) is 0 Å². The van der Waals surface area contributed by atoms with Crippen LogP contribution in [0.2, 0.25) is 0 Å². The SMILES string of the molecule is Brc1ccc(-c2nc3c(s2)CCC3)cc1. The Morgan fingerprint density at radius 3 is 2.67 bits per heavy atom. The molecule has 0 atom stereocenters. The molecule has 0 saturated heterocycles. The molecule has 15 heavy (non-hydrogen) atoms. The molecule has 0 N–H and O–H groups in total. The van der Waals surface area contributed by atoms with Gasteiger partial charge in [0, 0.05) is 14.9 Å². The van der Waals surface area contributed by atoms with Gasteiger partial charge >= 0.3 is 0 Å². The van der Waals surface area contributed by atoms with E-state index >= 15 is 0 Å². The van der Waals surface area contributed by atoms with E-state index in [2.05, 4.69) is 40.2 Å². The van der Waals surface area contributed by atoms with Gasteiger partial charge in [-0.15, -0.1) is 11.3 Å². The van der Waals surface area contributed by atoms with Gasteiger partial charge in [-0.25, -0.2) is 4.98 Å². The molecule has 0 fully saturated rings. The van der Waals surface area contributed by atoms with Crippen molar-refractivity contribution in [3.05, 3.63) is 39.3 Å². The number of aryl methyl sites for hydroxylation is 2. The Morgan fingerprint density at radius 1 is 1.13 bits per heavy atom. The largest absolute Gasteiger partial charge is 0.241 e. The summed E-state index contributed by atoms with van der Waals surface area (Å²) in [5.74, 6) is 0. The highest BCUT2D eigenvalue weighted by Gasteiger charge is 2.17. The maximum Gasteiger partial charge on any atom is 0.123 e. The van der Waals surface area contributed by atoms with Crippen LogP contribution in [0.4, 0.5) is 0 Å². The number of halogens is 1. The molecule has 0 radical (unpaired) electrons. The number of benzene rings is 1. The molecular formula is C12H10BrNS. The van der Waals surface area contributed by atoms with Gasteiger partial charge in [0.2, 0.25) is 0 Å². The van der Waals surface area contributed by atoms with Gasteiger partial charge in [0.25, 0.3) is 0 Å². The van der Waals surface area contributed by atoms with E-state index in [4.69, 9.17) is 4.98 Å². The minimum atomic E-state index is 1.12. The van der Waals surface area contributed by atoms with Gasteiger partial charge in [-0.2, -0.15) is 0 Å². The van der Waals surface area contributed by atoms with Crippen molar-refractivity contribution in [2.45, 2.75) is 19.3 Å². The van der Waals surface area contributed by atoms with Crippen LogP contribution in [0.15, 0.2) is 28.7 Å². The van der Waals surface area contributed by atoms with Crippen LogP contribution in [0.5, 0.6) is 0 Å². The van der Waals surface area contributed by atoms with Gasteiger partial charge in [0.15, 0.2) is 0 Å². The van der Waals surface area contributed by atoms with Crippen molar-refractivity contribution in [2.75, 3.05) is 0 Å². The van der Waals surface area contributed by atoms with E-state index in [1.165, 1.54) is 40.4 Å². The van der Waals surface area contributed by atoms with Crippen molar-refractivity contribution < 1.29 is 0 Å². The van der Waals surface area contributed by atoms with E-state index in [1.54, 1.807) is 0 Å². The number of thiazole rings is 1. The van der Waals surface area contributed by atoms with Gasteiger partial charge in [0.05, 0.1) is 5.69 Å². The molecule has 1 aliphatic rings. The van der Waals surface area contributed by atoms with E-state index < -0.39 is 0 Å². The number of aromatic nitrogens is 1. The predicted molar refractivity (Wildman–Crippen MR) is 67.3 cm³/mol. The van der Waals surface area contributed by atoms with Gasteiger partial charge < -0.3 is 0 Å². The molecule has 0 bridgehead atoms. The molecule has 3 rings (SSSR count). The zero-order valence-electron chi connectivity index (χ0n) is 8.16. The lowest BCUT2D eigenvalue weighted by Crippen LogP contribution is -1.80. The highest BCUT2D eigenvalue weighted by Crippen LogP contribution is 2.33. The van der Waals surface area contributed by atoms with E-state index in [9.17, 15) is 0 Å². The van der Waals surface area contributed by atoms with Crippen LogP contribution in [0.25, 0.3) is 10.6 Å². The maximum atomic E-state index is 4.69. The van der Waals surface area contributed by atoms with E-state index in [-0.39, 0.29) is 0 Å². The van der Waals surface area contributed by atoms with Crippen molar-refractivity contribution in [3.8, 4) is 10.6 Å². The molecule has 2 aromatic rings. The van der Waals surface area contributed by atoms with Crippen LogP contribution in [0, 0.1) is 0 Å². The highest BCUT2D eigenvalue weighted by atomic mass is 79.9. The summed E-state index contributed by atoms with van der Waals surface area (Å²) in [7, 11) is 0. The molecule has 1 heterocycles. The van der Waals surface area contributed by atoms with Crippen molar-refractivity contribution in [1.82, 2.24) is 4.98 Å². The molecule has 0 unspecified atom stereocenters. The second kappa shape index (κ2) is 3.72. The number of hydrogen-bond donors (Lipinski definition) is 0. The number of hydrogen-bond acceptors (Lipinski definition) is 2. The first-order chi connectivity index (χ1) is 7.33. The normalized spacial score (nSPS) is 14.2. The third kappa shape index (κ3) is 1.74. The third-order valence-electron chi connectivity index (χ3n) is 2.69. The van der Waals surface area contributed by atoms with Gasteiger partial charge in [-0.05, 0) is 31.4 Å². The topological polar surface area (TPSA) is 12.9 Å². The Balaban J connectivity index is 2.02. The molecule has 3 heteroatoms. The smallest absolute Gasteiger partial charge is 0.123 e. The molecule has 0 saturated carbocycles. The fourth-order valence-electron chi connectivity index (χ4n) is 1.91. The summed E-state index contributed by atoms with van der Waals surface area (Å²) in [5.41, 5.74) is 2.57. The second-order valence-corrected chi connectivity index (χ2v) is 5.75. The summed E-state index contributed by atoms with van der Waals surface area (Å²) >= 11 is 5.30. The number of fused-ring (bicyclic) bond motifs is 1. The van der Waals surface area contributed by atoms with Crippen LogP contribution >= 0.6 is 27.3 Å². The predicted octanol–water partition coefficient (Wildman–Crippen LogP) is 4.06. The molecule has 1 aliphatic carbocycles. The van der Waals surface area contributed by atoms with Crippen LogP contribution in [-0.2, 0) is 12.8 Å². The van der Waals surface area contributed by atoms with Gasteiger partial charge in [0.1, 0.15) is 5.01 Å². The van der Waals surface area contributed by atoms with E-state index in [0.717, 1.165) is 4.47 Å². The lowest BCUT2D eigenvalue weighted by Gasteiger charge is -1.96.